The lowest BCUT2D eigenvalue weighted by Crippen LogP contribution is -2.10. The summed E-state index contributed by atoms with van der Waals surface area (Å²) in [4.78, 5) is 8.70. The lowest BCUT2D eigenvalue weighted by molar-refractivity contribution is 0.459. The van der Waals surface area contributed by atoms with E-state index in [2.05, 4.69) is 15.4 Å². The van der Waals surface area contributed by atoms with Crippen molar-refractivity contribution in [1.82, 2.24) is 9.97 Å². The highest BCUT2D eigenvalue weighted by Crippen LogP contribution is 2.39. The van der Waals surface area contributed by atoms with E-state index in [-0.39, 0.29) is 0 Å². The molecule has 0 amide bonds. The molecule has 20 heavy (non-hydrogen) atoms. The Hall–Kier alpha value is -1.56. The van der Waals surface area contributed by atoms with Crippen molar-refractivity contribution in [3.63, 3.8) is 0 Å². The molecule has 1 aliphatic rings. The summed E-state index contributed by atoms with van der Waals surface area (Å²) in [5.74, 6) is 8.07. The quantitative estimate of drug-likeness (QED) is 0.665. The van der Waals surface area contributed by atoms with Crippen LogP contribution in [-0.2, 0) is 0 Å². The van der Waals surface area contributed by atoms with E-state index in [9.17, 15) is 0 Å². The first kappa shape index (κ1) is 13.4. The Morgan fingerprint density at radius 3 is 2.60 bits per heavy atom. The summed E-state index contributed by atoms with van der Waals surface area (Å²) in [7, 11) is 0. The molecule has 3 rings (SSSR count). The van der Waals surface area contributed by atoms with Crippen molar-refractivity contribution in [2.75, 3.05) is 5.43 Å². The first-order chi connectivity index (χ1) is 9.65. The van der Waals surface area contributed by atoms with Crippen molar-refractivity contribution >= 4 is 29.0 Å². The maximum Gasteiger partial charge on any atom is 0.224 e. The molecule has 0 aliphatic heterocycles. The van der Waals surface area contributed by atoms with E-state index in [1.54, 1.807) is 24.3 Å². The van der Waals surface area contributed by atoms with Gasteiger partial charge in [-0.3, -0.25) is 0 Å². The normalized spacial score (nSPS) is 14.2. The van der Waals surface area contributed by atoms with E-state index in [1.807, 2.05) is 0 Å². The van der Waals surface area contributed by atoms with Crippen LogP contribution < -0.4 is 16.0 Å². The number of hydrogen-bond donors (Lipinski definition) is 2. The second kappa shape index (κ2) is 5.44. The van der Waals surface area contributed by atoms with Crippen molar-refractivity contribution in [3.8, 4) is 11.6 Å². The van der Waals surface area contributed by atoms with E-state index in [0.717, 1.165) is 18.7 Å². The predicted molar refractivity (Wildman–Crippen MR) is 78.4 cm³/mol. The molecule has 0 unspecified atom stereocenters. The van der Waals surface area contributed by atoms with Gasteiger partial charge in [0.2, 0.25) is 5.88 Å². The van der Waals surface area contributed by atoms with Crippen LogP contribution in [0.5, 0.6) is 11.6 Å². The van der Waals surface area contributed by atoms with Crippen LogP contribution in [-0.4, -0.2) is 9.97 Å². The maximum atomic E-state index is 5.95. The Labute approximate surface area is 126 Å². The second-order valence-corrected chi connectivity index (χ2v) is 5.36. The number of hydrazine groups is 1. The number of ether oxygens (including phenoxy) is 1. The van der Waals surface area contributed by atoms with Crippen molar-refractivity contribution in [1.29, 1.82) is 0 Å². The fraction of sp³-hybridized carbons (Fsp3) is 0.231. The average Bonchev–Trinajstić information content (AvgIpc) is 3.27. The Morgan fingerprint density at radius 2 is 1.95 bits per heavy atom. The minimum atomic E-state index is 0.402. The van der Waals surface area contributed by atoms with Crippen molar-refractivity contribution in [2.24, 2.45) is 5.84 Å². The van der Waals surface area contributed by atoms with Crippen LogP contribution in [0.25, 0.3) is 0 Å². The number of nitrogen functional groups attached to an aromatic ring is 1. The molecule has 1 aromatic carbocycles. The zero-order valence-corrected chi connectivity index (χ0v) is 11.9. The van der Waals surface area contributed by atoms with Crippen LogP contribution in [0.1, 0.15) is 24.6 Å². The number of aromatic nitrogens is 2. The summed E-state index contributed by atoms with van der Waals surface area (Å²) in [5.41, 5.74) is 2.52. The van der Waals surface area contributed by atoms with Crippen LogP contribution >= 0.6 is 23.2 Å². The largest absolute Gasteiger partial charge is 0.439 e. The highest BCUT2D eigenvalue weighted by molar-refractivity contribution is 6.42. The fourth-order valence-electron chi connectivity index (χ4n) is 1.75. The third kappa shape index (κ3) is 2.95. The molecule has 1 aromatic heterocycles. The van der Waals surface area contributed by atoms with Gasteiger partial charge in [0.15, 0.2) is 0 Å². The van der Waals surface area contributed by atoms with Gasteiger partial charge >= 0.3 is 0 Å². The molecule has 104 valence electrons. The summed E-state index contributed by atoms with van der Waals surface area (Å²) in [5, 5.41) is 0.905. The Morgan fingerprint density at radius 1 is 1.15 bits per heavy atom. The van der Waals surface area contributed by atoms with Gasteiger partial charge in [-0.1, -0.05) is 23.2 Å². The van der Waals surface area contributed by atoms with Crippen LogP contribution in [0.3, 0.4) is 0 Å². The Balaban J connectivity index is 1.88. The molecule has 1 aliphatic carbocycles. The molecule has 1 heterocycles. The highest BCUT2D eigenvalue weighted by Gasteiger charge is 2.27. The molecular formula is C13H12Cl2N4O. The molecule has 0 radical (unpaired) electrons. The molecule has 1 saturated carbocycles. The smallest absolute Gasteiger partial charge is 0.224 e. The number of nitrogens with zero attached hydrogens (tertiary/aromatic N) is 2. The predicted octanol–water partition coefficient (Wildman–Crippen LogP) is 3.74. The standard InChI is InChI=1S/C13H12Cl2N4O/c14-9-4-3-8(5-10(9)15)20-12-6-11(19-16)17-13(18-12)7-1-2-7/h3-7H,1-2,16H2,(H,17,18,19). The molecule has 0 spiro atoms. The summed E-state index contributed by atoms with van der Waals surface area (Å²) in [6, 6.07) is 6.67. The highest BCUT2D eigenvalue weighted by atomic mass is 35.5. The van der Waals surface area contributed by atoms with Gasteiger partial charge in [0, 0.05) is 18.1 Å². The topological polar surface area (TPSA) is 73.1 Å². The lowest BCUT2D eigenvalue weighted by Gasteiger charge is -2.09. The van der Waals surface area contributed by atoms with Gasteiger partial charge in [-0.05, 0) is 25.0 Å². The SMILES string of the molecule is NNc1cc(Oc2ccc(Cl)c(Cl)c2)nc(C2CC2)n1. The van der Waals surface area contributed by atoms with E-state index >= 15 is 0 Å². The lowest BCUT2D eigenvalue weighted by atomic mass is 10.3. The van der Waals surface area contributed by atoms with Gasteiger partial charge in [0.05, 0.1) is 10.0 Å². The van der Waals surface area contributed by atoms with Gasteiger partial charge in [-0.15, -0.1) is 0 Å². The molecule has 0 bridgehead atoms. The van der Waals surface area contributed by atoms with E-state index in [4.69, 9.17) is 33.8 Å². The monoisotopic (exact) mass is 310 g/mol. The fourth-order valence-corrected chi connectivity index (χ4v) is 2.04. The Bertz CT molecular complexity index is 646. The summed E-state index contributed by atoms with van der Waals surface area (Å²) in [6.45, 7) is 0. The Kier molecular flexibility index (Phi) is 3.65. The van der Waals surface area contributed by atoms with Crippen molar-refractivity contribution < 1.29 is 4.74 Å². The van der Waals surface area contributed by atoms with Gasteiger partial charge in [0.1, 0.15) is 17.4 Å². The number of anilines is 1. The molecular weight excluding hydrogens is 299 g/mol. The minimum absolute atomic E-state index is 0.402. The number of nitrogens with one attached hydrogen (secondary N) is 1. The van der Waals surface area contributed by atoms with Gasteiger partial charge in [-0.25, -0.2) is 10.8 Å². The van der Waals surface area contributed by atoms with Gasteiger partial charge < -0.3 is 10.2 Å². The maximum absolute atomic E-state index is 5.95. The molecule has 3 N–H and O–H groups in total. The number of benzene rings is 1. The summed E-state index contributed by atoms with van der Waals surface area (Å²) >= 11 is 11.8. The van der Waals surface area contributed by atoms with E-state index in [0.29, 0.717) is 33.4 Å². The van der Waals surface area contributed by atoms with Crippen LogP contribution in [0, 0.1) is 0 Å². The minimum Gasteiger partial charge on any atom is -0.439 e. The van der Waals surface area contributed by atoms with E-state index in [1.165, 1.54) is 0 Å². The number of rotatable bonds is 4. The third-order valence-corrected chi connectivity index (χ3v) is 3.66. The van der Waals surface area contributed by atoms with Gasteiger partial charge in [0.25, 0.3) is 0 Å². The molecule has 7 heteroatoms. The third-order valence-electron chi connectivity index (χ3n) is 2.92. The first-order valence-corrected chi connectivity index (χ1v) is 6.90. The molecule has 2 aromatic rings. The number of hydrogen-bond acceptors (Lipinski definition) is 5. The van der Waals surface area contributed by atoms with Crippen molar-refractivity contribution in [2.45, 2.75) is 18.8 Å². The zero-order valence-electron chi connectivity index (χ0n) is 10.4. The molecule has 5 nitrogen and oxygen atoms in total. The summed E-state index contributed by atoms with van der Waals surface area (Å²) in [6.07, 6.45) is 2.19. The van der Waals surface area contributed by atoms with Crippen LogP contribution in [0.15, 0.2) is 24.3 Å². The first-order valence-electron chi connectivity index (χ1n) is 6.14. The molecule has 0 atom stereocenters. The number of halogens is 2. The molecule has 0 saturated heterocycles. The summed E-state index contributed by atoms with van der Waals surface area (Å²) < 4.78 is 5.69. The average molecular weight is 311 g/mol. The van der Waals surface area contributed by atoms with Crippen LogP contribution in [0.4, 0.5) is 5.82 Å². The second-order valence-electron chi connectivity index (χ2n) is 4.55. The van der Waals surface area contributed by atoms with Crippen molar-refractivity contribution in [3.05, 3.63) is 40.1 Å². The van der Waals surface area contributed by atoms with Gasteiger partial charge in [-0.2, -0.15) is 4.98 Å². The zero-order chi connectivity index (χ0) is 14.1. The number of nitrogens with two attached hydrogens (primary N) is 1. The molecule has 1 fully saturated rings. The van der Waals surface area contributed by atoms with E-state index < -0.39 is 0 Å². The van der Waals surface area contributed by atoms with Crippen LogP contribution in [0.2, 0.25) is 10.0 Å².